The van der Waals surface area contributed by atoms with Gasteiger partial charge in [0.25, 0.3) is 0 Å². The number of hydrogen-bond donors (Lipinski definition) is 0. The van der Waals surface area contributed by atoms with Crippen LogP contribution in [0.1, 0.15) is 41.5 Å². The highest BCUT2D eigenvalue weighted by atomic mass is 16.5. The van der Waals surface area contributed by atoms with Gasteiger partial charge in [-0.1, -0.05) is 13.8 Å². The van der Waals surface area contributed by atoms with Crippen molar-refractivity contribution in [3.8, 4) is 0 Å². The fourth-order valence-corrected chi connectivity index (χ4v) is 2.10. The summed E-state index contributed by atoms with van der Waals surface area (Å²) < 4.78 is 8.26. The Hall–Kier alpha value is -0.530. The van der Waals surface area contributed by atoms with Gasteiger partial charge in [0, 0.05) is 5.92 Å². The zero-order valence-corrected chi connectivity index (χ0v) is 10.4. The van der Waals surface area contributed by atoms with Crippen LogP contribution in [0.25, 0.3) is 0 Å². The lowest BCUT2D eigenvalue weighted by molar-refractivity contribution is -0.593. The van der Waals surface area contributed by atoms with Gasteiger partial charge in [0.1, 0.15) is 0 Å². The molecule has 1 heterocycles. The third-order valence-corrected chi connectivity index (χ3v) is 2.83. The first-order valence-corrected chi connectivity index (χ1v) is 5.73. The molecule has 1 aliphatic heterocycles. The minimum Gasteiger partial charge on any atom is -0.441 e. The first-order chi connectivity index (χ1) is 6.45. The highest BCUT2D eigenvalue weighted by Crippen LogP contribution is 2.19. The molecule has 0 radical (unpaired) electrons. The Bertz CT molecular complexity index is 228. The summed E-state index contributed by atoms with van der Waals surface area (Å²) in [6.45, 7) is 14.3. The zero-order chi connectivity index (χ0) is 10.9. The van der Waals surface area contributed by atoms with E-state index >= 15 is 0 Å². The molecule has 14 heavy (non-hydrogen) atoms. The van der Waals surface area contributed by atoms with Crippen molar-refractivity contribution < 1.29 is 9.31 Å². The molecule has 2 heteroatoms. The van der Waals surface area contributed by atoms with Crippen molar-refractivity contribution in [1.82, 2.24) is 0 Å². The summed E-state index contributed by atoms with van der Waals surface area (Å²) in [6.07, 6.45) is 0. The van der Waals surface area contributed by atoms with E-state index in [9.17, 15) is 0 Å². The monoisotopic (exact) mass is 198 g/mol. The van der Waals surface area contributed by atoms with E-state index in [4.69, 9.17) is 4.74 Å². The largest absolute Gasteiger partial charge is 0.441 e. The molecule has 0 spiro atoms. The van der Waals surface area contributed by atoms with E-state index in [0.717, 1.165) is 6.61 Å². The van der Waals surface area contributed by atoms with Crippen LogP contribution in [0.2, 0.25) is 0 Å². The van der Waals surface area contributed by atoms with Gasteiger partial charge >= 0.3 is 5.90 Å². The maximum Gasteiger partial charge on any atom is 0.339 e. The molecule has 0 saturated carbocycles. The second kappa shape index (κ2) is 4.33. The van der Waals surface area contributed by atoms with Gasteiger partial charge in [0.2, 0.25) is 0 Å². The summed E-state index contributed by atoms with van der Waals surface area (Å²) in [5.41, 5.74) is 0. The fraction of sp³-hybridized carbons (Fsp3) is 0.917. The molecule has 0 saturated heterocycles. The summed E-state index contributed by atoms with van der Waals surface area (Å²) in [6, 6.07) is 1.11. The SMILES string of the molecule is CC(C)C1=[N+](C(C)C)[C@H](C(C)C)CO1. The average Bonchev–Trinajstić information content (AvgIpc) is 2.46. The van der Waals surface area contributed by atoms with Crippen molar-refractivity contribution in [1.29, 1.82) is 0 Å². The quantitative estimate of drug-likeness (QED) is 0.635. The molecule has 0 amide bonds. The van der Waals surface area contributed by atoms with Crippen LogP contribution in [-0.2, 0) is 4.74 Å². The van der Waals surface area contributed by atoms with E-state index < -0.39 is 0 Å². The van der Waals surface area contributed by atoms with Gasteiger partial charge in [-0.3, -0.25) is 0 Å². The van der Waals surface area contributed by atoms with Crippen molar-refractivity contribution >= 4 is 5.90 Å². The summed E-state index contributed by atoms with van der Waals surface area (Å²) in [5.74, 6) is 2.34. The molecule has 1 aliphatic rings. The Labute approximate surface area is 88.0 Å². The number of ether oxygens (including phenoxy) is 1. The van der Waals surface area contributed by atoms with Crippen molar-refractivity contribution in [2.24, 2.45) is 11.8 Å². The van der Waals surface area contributed by atoms with E-state index in [1.54, 1.807) is 0 Å². The molecule has 0 aliphatic carbocycles. The highest BCUT2D eigenvalue weighted by Gasteiger charge is 2.39. The minimum absolute atomic E-state index is 0.501. The smallest absolute Gasteiger partial charge is 0.339 e. The lowest BCUT2D eigenvalue weighted by atomic mass is 10.0. The molecule has 0 bridgehead atoms. The predicted molar refractivity (Wildman–Crippen MR) is 59.8 cm³/mol. The number of hydrogen-bond acceptors (Lipinski definition) is 1. The van der Waals surface area contributed by atoms with Crippen molar-refractivity contribution in [2.75, 3.05) is 6.61 Å². The Morgan fingerprint density at radius 3 is 2.07 bits per heavy atom. The topological polar surface area (TPSA) is 12.2 Å². The second-order valence-corrected chi connectivity index (χ2v) is 5.12. The lowest BCUT2D eigenvalue weighted by Gasteiger charge is -2.15. The van der Waals surface area contributed by atoms with E-state index in [0.29, 0.717) is 23.9 Å². The highest BCUT2D eigenvalue weighted by molar-refractivity contribution is 5.74. The Morgan fingerprint density at radius 1 is 1.14 bits per heavy atom. The molecule has 0 aromatic carbocycles. The van der Waals surface area contributed by atoms with Crippen molar-refractivity contribution in [3.63, 3.8) is 0 Å². The van der Waals surface area contributed by atoms with Gasteiger partial charge < -0.3 is 4.74 Å². The zero-order valence-electron chi connectivity index (χ0n) is 10.4. The van der Waals surface area contributed by atoms with Gasteiger partial charge in [-0.05, 0) is 27.7 Å². The average molecular weight is 198 g/mol. The van der Waals surface area contributed by atoms with Gasteiger partial charge in [0.05, 0.1) is 5.92 Å². The molecule has 82 valence electrons. The van der Waals surface area contributed by atoms with Crippen LogP contribution in [0.5, 0.6) is 0 Å². The van der Waals surface area contributed by atoms with Gasteiger partial charge in [-0.2, -0.15) is 4.58 Å². The Balaban J connectivity index is 2.96. The molecule has 0 N–H and O–H groups in total. The molecule has 0 aromatic heterocycles. The normalized spacial score (nSPS) is 22.8. The molecular weight excluding hydrogens is 174 g/mol. The number of rotatable bonds is 3. The van der Waals surface area contributed by atoms with Crippen LogP contribution in [-0.4, -0.2) is 29.2 Å². The van der Waals surface area contributed by atoms with Crippen molar-refractivity contribution in [3.05, 3.63) is 0 Å². The summed E-state index contributed by atoms with van der Waals surface area (Å²) >= 11 is 0. The predicted octanol–water partition coefficient (Wildman–Crippen LogP) is 2.52. The Kier molecular flexibility index (Phi) is 3.57. The lowest BCUT2D eigenvalue weighted by Crippen LogP contribution is -2.36. The third-order valence-electron chi connectivity index (χ3n) is 2.83. The standard InChI is InChI=1S/C12H24NO/c1-8(2)11-7-14-12(9(3)4)13(11)10(5)6/h8-11H,7H2,1-6H3/q+1/t11-/m0/s1. The molecule has 0 aromatic rings. The fourth-order valence-electron chi connectivity index (χ4n) is 2.10. The summed E-state index contributed by atoms with van der Waals surface area (Å²) in [7, 11) is 0. The Morgan fingerprint density at radius 2 is 1.71 bits per heavy atom. The summed E-state index contributed by atoms with van der Waals surface area (Å²) in [4.78, 5) is 0. The molecule has 1 rings (SSSR count). The van der Waals surface area contributed by atoms with E-state index in [1.165, 1.54) is 5.90 Å². The van der Waals surface area contributed by atoms with E-state index in [1.807, 2.05) is 0 Å². The number of nitrogens with zero attached hydrogens (tertiary/aromatic N) is 1. The van der Waals surface area contributed by atoms with Crippen LogP contribution in [0.3, 0.4) is 0 Å². The molecular formula is C12H24NO+. The van der Waals surface area contributed by atoms with Crippen LogP contribution in [0.4, 0.5) is 0 Å². The van der Waals surface area contributed by atoms with Crippen LogP contribution >= 0.6 is 0 Å². The molecule has 0 unspecified atom stereocenters. The van der Waals surface area contributed by atoms with E-state index in [2.05, 4.69) is 46.1 Å². The minimum atomic E-state index is 0.501. The van der Waals surface area contributed by atoms with Gasteiger partial charge in [0.15, 0.2) is 18.7 Å². The van der Waals surface area contributed by atoms with Crippen molar-refractivity contribution in [2.45, 2.75) is 53.6 Å². The van der Waals surface area contributed by atoms with E-state index in [-0.39, 0.29) is 0 Å². The maximum atomic E-state index is 5.80. The van der Waals surface area contributed by atoms with Gasteiger partial charge in [-0.15, -0.1) is 0 Å². The molecule has 1 atom stereocenters. The first-order valence-electron chi connectivity index (χ1n) is 5.73. The van der Waals surface area contributed by atoms with Crippen LogP contribution < -0.4 is 0 Å². The summed E-state index contributed by atoms with van der Waals surface area (Å²) in [5, 5.41) is 0. The maximum absolute atomic E-state index is 5.80. The molecule has 2 nitrogen and oxygen atoms in total. The molecule has 0 fully saturated rings. The third kappa shape index (κ3) is 2.10. The second-order valence-electron chi connectivity index (χ2n) is 5.12. The first kappa shape index (κ1) is 11.5. The van der Waals surface area contributed by atoms with Crippen LogP contribution in [0, 0.1) is 11.8 Å². The van der Waals surface area contributed by atoms with Crippen LogP contribution in [0.15, 0.2) is 0 Å². The van der Waals surface area contributed by atoms with Gasteiger partial charge in [-0.25, -0.2) is 0 Å².